The summed E-state index contributed by atoms with van der Waals surface area (Å²) in [5.41, 5.74) is 1.46. The maximum atomic E-state index is 6.14. The number of hydrogen-bond acceptors (Lipinski definition) is 2. The number of aromatic nitrogens is 2. The Kier molecular flexibility index (Phi) is 5.41. The van der Waals surface area contributed by atoms with Crippen LogP contribution in [0.15, 0.2) is 48.0 Å². The van der Waals surface area contributed by atoms with Crippen LogP contribution in [0, 0.1) is 0 Å². The smallest absolute Gasteiger partial charge is 0.191 e. The van der Waals surface area contributed by atoms with Gasteiger partial charge < -0.3 is 15.2 Å². The third kappa shape index (κ3) is 4.29. The van der Waals surface area contributed by atoms with Crippen molar-refractivity contribution in [3.8, 4) is 0 Å². The van der Waals surface area contributed by atoms with Crippen molar-refractivity contribution in [3.63, 3.8) is 0 Å². The highest BCUT2D eigenvalue weighted by Gasteiger charge is 2.44. The lowest BCUT2D eigenvalue weighted by atomic mass is 9.96. The Bertz CT molecular complexity index is 676. The lowest BCUT2D eigenvalue weighted by Crippen LogP contribution is -2.39. The molecule has 1 fully saturated rings. The van der Waals surface area contributed by atoms with Crippen molar-refractivity contribution in [2.24, 2.45) is 4.99 Å². The van der Waals surface area contributed by atoms with Gasteiger partial charge in [0.2, 0.25) is 0 Å². The van der Waals surface area contributed by atoms with Crippen molar-refractivity contribution >= 4 is 17.6 Å². The standard InChI is InChI=1S/C18H24ClN5/c1-2-21-17(22-9-11-24-10-8-20-14-24)23-13-18(6-7-18)15-4-3-5-16(19)12-15/h3-5,8,10,12,14H,2,6-7,9,11,13H2,1H3,(H2,21,22,23). The summed E-state index contributed by atoms with van der Waals surface area (Å²) >= 11 is 6.14. The quantitative estimate of drug-likeness (QED) is 0.599. The number of benzene rings is 1. The number of nitrogens with zero attached hydrogens (tertiary/aromatic N) is 3. The predicted octanol–water partition coefficient (Wildman–Crippen LogP) is 2.82. The van der Waals surface area contributed by atoms with Crippen molar-refractivity contribution in [1.29, 1.82) is 0 Å². The minimum absolute atomic E-state index is 0.164. The van der Waals surface area contributed by atoms with E-state index < -0.39 is 0 Å². The molecule has 1 aromatic heterocycles. The Morgan fingerprint density at radius 3 is 2.92 bits per heavy atom. The molecule has 1 aliphatic carbocycles. The topological polar surface area (TPSA) is 54.2 Å². The second kappa shape index (κ2) is 7.71. The maximum Gasteiger partial charge on any atom is 0.191 e. The number of hydrogen-bond donors (Lipinski definition) is 2. The van der Waals surface area contributed by atoms with E-state index in [1.807, 2.05) is 29.2 Å². The maximum absolute atomic E-state index is 6.14. The number of imidazole rings is 1. The van der Waals surface area contributed by atoms with Crippen LogP contribution in [0.3, 0.4) is 0 Å². The first-order valence-electron chi connectivity index (χ1n) is 8.46. The van der Waals surface area contributed by atoms with Crippen LogP contribution in [0.1, 0.15) is 25.3 Å². The molecular formula is C18H24ClN5. The molecule has 128 valence electrons. The van der Waals surface area contributed by atoms with E-state index in [4.69, 9.17) is 16.6 Å². The van der Waals surface area contributed by atoms with Gasteiger partial charge in [-0.1, -0.05) is 23.7 Å². The lowest BCUT2D eigenvalue weighted by molar-refractivity contribution is 0.653. The summed E-state index contributed by atoms with van der Waals surface area (Å²) in [4.78, 5) is 8.85. The van der Waals surface area contributed by atoms with Gasteiger partial charge in [0.25, 0.3) is 0 Å². The van der Waals surface area contributed by atoms with E-state index in [0.717, 1.165) is 37.2 Å². The molecule has 24 heavy (non-hydrogen) atoms. The average molecular weight is 346 g/mol. The summed E-state index contributed by atoms with van der Waals surface area (Å²) in [6.07, 6.45) is 7.92. The predicted molar refractivity (Wildman–Crippen MR) is 98.6 cm³/mol. The summed E-state index contributed by atoms with van der Waals surface area (Å²) in [6.45, 7) is 5.39. The van der Waals surface area contributed by atoms with Gasteiger partial charge in [-0.05, 0) is 37.5 Å². The molecule has 2 N–H and O–H groups in total. The van der Waals surface area contributed by atoms with Crippen molar-refractivity contribution < 1.29 is 0 Å². The molecule has 0 bridgehead atoms. The van der Waals surface area contributed by atoms with Crippen LogP contribution >= 0.6 is 11.6 Å². The molecule has 1 saturated carbocycles. The fraction of sp³-hybridized carbons (Fsp3) is 0.444. The van der Waals surface area contributed by atoms with E-state index in [1.54, 1.807) is 6.20 Å². The summed E-state index contributed by atoms with van der Waals surface area (Å²) in [7, 11) is 0. The molecule has 0 saturated heterocycles. The number of nitrogens with one attached hydrogen (secondary N) is 2. The monoisotopic (exact) mass is 345 g/mol. The summed E-state index contributed by atoms with van der Waals surface area (Å²) in [5.74, 6) is 0.867. The van der Waals surface area contributed by atoms with E-state index in [9.17, 15) is 0 Å². The van der Waals surface area contributed by atoms with E-state index in [-0.39, 0.29) is 5.41 Å². The Labute approximate surface area is 148 Å². The minimum atomic E-state index is 0.164. The first-order chi connectivity index (χ1) is 11.7. The zero-order valence-corrected chi connectivity index (χ0v) is 14.8. The van der Waals surface area contributed by atoms with Crippen LogP contribution < -0.4 is 10.6 Å². The van der Waals surface area contributed by atoms with Crippen molar-refractivity contribution in [3.05, 3.63) is 53.6 Å². The summed E-state index contributed by atoms with van der Waals surface area (Å²) in [5, 5.41) is 7.50. The largest absolute Gasteiger partial charge is 0.357 e. The molecule has 2 aromatic rings. The number of rotatable bonds is 7. The van der Waals surface area contributed by atoms with Crippen LogP contribution in [0.2, 0.25) is 5.02 Å². The Morgan fingerprint density at radius 2 is 2.25 bits per heavy atom. The molecule has 3 rings (SSSR count). The molecule has 0 unspecified atom stereocenters. The van der Waals surface area contributed by atoms with Gasteiger partial charge in [0.05, 0.1) is 12.9 Å². The molecule has 0 amide bonds. The van der Waals surface area contributed by atoms with Crippen LogP contribution in [0.5, 0.6) is 0 Å². The second-order valence-corrected chi connectivity index (χ2v) is 6.65. The Morgan fingerprint density at radius 1 is 1.38 bits per heavy atom. The molecule has 5 nitrogen and oxygen atoms in total. The first kappa shape index (κ1) is 16.8. The normalized spacial score (nSPS) is 16.0. The van der Waals surface area contributed by atoms with Crippen LogP contribution in [-0.2, 0) is 12.0 Å². The van der Waals surface area contributed by atoms with Crippen LogP contribution in [0.25, 0.3) is 0 Å². The number of halogens is 1. The van der Waals surface area contributed by atoms with Gasteiger partial charge in [0.15, 0.2) is 5.96 Å². The van der Waals surface area contributed by atoms with Gasteiger partial charge in [0, 0.05) is 42.5 Å². The molecule has 1 aromatic carbocycles. The van der Waals surface area contributed by atoms with Crippen molar-refractivity contribution in [1.82, 2.24) is 20.2 Å². The van der Waals surface area contributed by atoms with E-state index in [0.29, 0.717) is 0 Å². The molecule has 1 heterocycles. The van der Waals surface area contributed by atoms with Crippen LogP contribution in [0.4, 0.5) is 0 Å². The summed E-state index contributed by atoms with van der Waals surface area (Å²) < 4.78 is 2.05. The SMILES string of the molecule is CCNC(=NCC1(c2cccc(Cl)c2)CC1)NCCn1ccnc1. The van der Waals surface area contributed by atoms with E-state index in [2.05, 4.69) is 34.7 Å². The van der Waals surface area contributed by atoms with Crippen molar-refractivity contribution in [2.75, 3.05) is 19.6 Å². The highest BCUT2D eigenvalue weighted by atomic mass is 35.5. The molecule has 0 aliphatic heterocycles. The molecule has 0 radical (unpaired) electrons. The van der Waals surface area contributed by atoms with Gasteiger partial charge in [-0.3, -0.25) is 4.99 Å². The van der Waals surface area contributed by atoms with Gasteiger partial charge in [-0.15, -0.1) is 0 Å². The highest BCUT2D eigenvalue weighted by molar-refractivity contribution is 6.30. The van der Waals surface area contributed by atoms with Crippen molar-refractivity contribution in [2.45, 2.75) is 31.7 Å². The van der Waals surface area contributed by atoms with Gasteiger partial charge in [-0.25, -0.2) is 4.98 Å². The minimum Gasteiger partial charge on any atom is -0.357 e. The highest BCUT2D eigenvalue weighted by Crippen LogP contribution is 2.48. The average Bonchev–Trinajstić information content (AvgIpc) is 3.20. The first-order valence-corrected chi connectivity index (χ1v) is 8.84. The van der Waals surface area contributed by atoms with E-state index in [1.165, 1.54) is 18.4 Å². The number of aliphatic imine (C=N–C) groups is 1. The Balaban J connectivity index is 1.59. The van der Waals surface area contributed by atoms with Gasteiger partial charge >= 0.3 is 0 Å². The van der Waals surface area contributed by atoms with Gasteiger partial charge in [0.1, 0.15) is 0 Å². The fourth-order valence-corrected chi connectivity index (χ4v) is 2.99. The fourth-order valence-electron chi connectivity index (χ4n) is 2.80. The van der Waals surface area contributed by atoms with Gasteiger partial charge in [-0.2, -0.15) is 0 Å². The third-order valence-corrected chi connectivity index (χ3v) is 4.63. The lowest BCUT2D eigenvalue weighted by Gasteiger charge is -2.16. The molecule has 0 spiro atoms. The zero-order chi connectivity index (χ0) is 16.8. The Hall–Kier alpha value is -2.01. The molecule has 6 heteroatoms. The molecular weight excluding hydrogens is 322 g/mol. The molecule has 0 atom stereocenters. The third-order valence-electron chi connectivity index (χ3n) is 4.40. The zero-order valence-electron chi connectivity index (χ0n) is 14.0. The number of guanidine groups is 1. The molecule has 1 aliphatic rings. The van der Waals surface area contributed by atoms with Crippen LogP contribution in [-0.4, -0.2) is 35.1 Å². The summed E-state index contributed by atoms with van der Waals surface area (Å²) in [6, 6.07) is 8.18. The second-order valence-electron chi connectivity index (χ2n) is 6.21. The van der Waals surface area contributed by atoms with E-state index >= 15 is 0 Å².